The number of nitrogens with zero attached hydrogens (tertiary/aromatic N) is 4. The van der Waals surface area contributed by atoms with Crippen LogP contribution in [0.3, 0.4) is 0 Å². The Kier molecular flexibility index (Phi) is 3.60. The van der Waals surface area contributed by atoms with Crippen molar-refractivity contribution in [3.05, 3.63) is 29.6 Å². The Morgan fingerprint density at radius 3 is 2.85 bits per heavy atom. The first-order valence-corrected chi connectivity index (χ1v) is 6.75. The highest BCUT2D eigenvalue weighted by molar-refractivity contribution is 5.24. The van der Waals surface area contributed by atoms with E-state index in [2.05, 4.69) is 30.5 Å². The Balaban J connectivity index is 1.63. The normalized spacial score (nSPS) is 22.1. The third-order valence-corrected chi connectivity index (χ3v) is 3.39. The Hall–Kier alpha value is -2.02. The molecule has 7 heteroatoms. The van der Waals surface area contributed by atoms with Gasteiger partial charge in [0.05, 0.1) is 0 Å². The average Bonchev–Trinajstić information content (AvgIpc) is 3.06. The minimum Gasteiger partial charge on any atom is -0.370 e. The molecule has 1 aliphatic heterocycles. The summed E-state index contributed by atoms with van der Waals surface area (Å²) in [6, 6.07) is 0. The molecule has 3 heterocycles. The summed E-state index contributed by atoms with van der Waals surface area (Å²) in [4.78, 5) is 12.8. The fourth-order valence-corrected chi connectivity index (χ4v) is 2.32. The molecule has 0 amide bonds. The quantitative estimate of drug-likeness (QED) is 0.876. The number of aromatic amines is 1. The number of H-pyrrole nitrogens is 1. The molecule has 1 fully saturated rings. The molecule has 1 aliphatic rings. The van der Waals surface area contributed by atoms with Crippen LogP contribution in [0.2, 0.25) is 0 Å². The molecular weight excluding hydrogens is 256 g/mol. The van der Waals surface area contributed by atoms with Crippen LogP contribution < -0.4 is 5.32 Å². The summed E-state index contributed by atoms with van der Waals surface area (Å²) in [7, 11) is 0. The summed E-state index contributed by atoms with van der Waals surface area (Å²) in [5, 5.41) is 10.3. The number of nitrogens with one attached hydrogen (secondary N) is 2. The van der Waals surface area contributed by atoms with Crippen LogP contribution >= 0.6 is 0 Å². The maximum Gasteiger partial charge on any atom is 0.222 e. The second-order valence-electron chi connectivity index (χ2n) is 5.08. The standard InChI is InChI=1S/C13H18N6O/c1-8-5-14-13(15-6-8)16-7-10-3-4-20-11(10)12-17-9(2)18-19-12/h5-6,10-11H,3-4,7H2,1-2H3,(H,14,15,16)(H,17,18,19)/t10-,11-/m0/s1. The second-order valence-corrected chi connectivity index (χ2v) is 5.08. The molecule has 2 aromatic heterocycles. The van der Waals surface area contributed by atoms with Crippen molar-refractivity contribution < 1.29 is 4.74 Å². The van der Waals surface area contributed by atoms with E-state index in [-0.39, 0.29) is 6.10 Å². The summed E-state index contributed by atoms with van der Waals surface area (Å²) in [5.74, 6) is 2.52. The molecule has 1 saturated heterocycles. The molecule has 0 aromatic carbocycles. The average molecular weight is 274 g/mol. The minimum absolute atomic E-state index is 0.0575. The largest absolute Gasteiger partial charge is 0.370 e. The van der Waals surface area contributed by atoms with Gasteiger partial charge in [-0.15, -0.1) is 0 Å². The molecule has 0 spiro atoms. The third kappa shape index (κ3) is 2.77. The molecule has 106 valence electrons. The lowest BCUT2D eigenvalue weighted by atomic mass is 10.0. The lowest BCUT2D eigenvalue weighted by Crippen LogP contribution is -2.19. The van der Waals surface area contributed by atoms with Crippen LogP contribution in [0, 0.1) is 19.8 Å². The Morgan fingerprint density at radius 2 is 2.15 bits per heavy atom. The number of aromatic nitrogens is 5. The highest BCUT2D eigenvalue weighted by Gasteiger charge is 2.32. The van der Waals surface area contributed by atoms with E-state index in [1.165, 1.54) is 0 Å². The van der Waals surface area contributed by atoms with Crippen molar-refractivity contribution >= 4 is 5.95 Å². The number of hydrogen-bond acceptors (Lipinski definition) is 6. The van der Waals surface area contributed by atoms with E-state index >= 15 is 0 Å². The van der Waals surface area contributed by atoms with Crippen molar-refractivity contribution in [3.8, 4) is 0 Å². The number of ether oxygens (including phenoxy) is 1. The van der Waals surface area contributed by atoms with E-state index in [4.69, 9.17) is 4.74 Å². The first-order valence-electron chi connectivity index (χ1n) is 6.75. The van der Waals surface area contributed by atoms with Crippen LogP contribution in [0.25, 0.3) is 0 Å². The maximum absolute atomic E-state index is 5.75. The molecule has 7 nitrogen and oxygen atoms in total. The van der Waals surface area contributed by atoms with Crippen molar-refractivity contribution in [3.63, 3.8) is 0 Å². The molecule has 2 aromatic rings. The summed E-state index contributed by atoms with van der Waals surface area (Å²) in [5.41, 5.74) is 1.05. The van der Waals surface area contributed by atoms with Crippen molar-refractivity contribution in [1.29, 1.82) is 0 Å². The SMILES string of the molecule is Cc1cnc(NC[C@@H]2CCO[C@@H]2c2n[nH]c(C)n2)nc1. The third-order valence-electron chi connectivity index (χ3n) is 3.39. The Bertz CT molecular complexity index is 566. The minimum atomic E-state index is -0.0575. The molecule has 0 aliphatic carbocycles. The van der Waals surface area contributed by atoms with E-state index in [0.29, 0.717) is 11.9 Å². The summed E-state index contributed by atoms with van der Waals surface area (Å²) in [6.07, 6.45) is 4.53. The van der Waals surface area contributed by atoms with Crippen LogP contribution in [0.15, 0.2) is 12.4 Å². The smallest absolute Gasteiger partial charge is 0.222 e. The van der Waals surface area contributed by atoms with Gasteiger partial charge in [-0.1, -0.05) is 0 Å². The van der Waals surface area contributed by atoms with Crippen LogP contribution in [0.5, 0.6) is 0 Å². The molecule has 2 atom stereocenters. The fourth-order valence-electron chi connectivity index (χ4n) is 2.32. The number of anilines is 1. The topological polar surface area (TPSA) is 88.6 Å². The Labute approximate surface area is 117 Å². The number of hydrogen-bond donors (Lipinski definition) is 2. The molecule has 2 N–H and O–H groups in total. The zero-order valence-corrected chi connectivity index (χ0v) is 11.6. The van der Waals surface area contributed by atoms with Gasteiger partial charge in [-0.3, -0.25) is 5.10 Å². The molecule has 20 heavy (non-hydrogen) atoms. The molecular formula is C13H18N6O. The van der Waals surface area contributed by atoms with Gasteiger partial charge in [0.25, 0.3) is 0 Å². The predicted molar refractivity (Wildman–Crippen MR) is 73.2 cm³/mol. The van der Waals surface area contributed by atoms with E-state index in [0.717, 1.165) is 36.8 Å². The second kappa shape index (κ2) is 5.54. The van der Waals surface area contributed by atoms with Gasteiger partial charge in [-0.05, 0) is 25.8 Å². The van der Waals surface area contributed by atoms with Gasteiger partial charge in [0.15, 0.2) is 5.82 Å². The molecule has 3 rings (SSSR count). The molecule has 0 radical (unpaired) electrons. The van der Waals surface area contributed by atoms with Gasteiger partial charge >= 0.3 is 0 Å². The van der Waals surface area contributed by atoms with Gasteiger partial charge in [0, 0.05) is 31.5 Å². The number of aryl methyl sites for hydroxylation is 2. The highest BCUT2D eigenvalue weighted by atomic mass is 16.5. The van der Waals surface area contributed by atoms with E-state index < -0.39 is 0 Å². The van der Waals surface area contributed by atoms with Crippen molar-refractivity contribution in [1.82, 2.24) is 25.1 Å². The predicted octanol–water partition coefficient (Wildman–Crippen LogP) is 1.40. The summed E-state index contributed by atoms with van der Waals surface area (Å²) < 4.78 is 5.75. The molecule has 0 saturated carbocycles. The Morgan fingerprint density at radius 1 is 1.35 bits per heavy atom. The van der Waals surface area contributed by atoms with Gasteiger partial charge in [-0.2, -0.15) is 5.10 Å². The van der Waals surface area contributed by atoms with Crippen LogP contribution in [-0.4, -0.2) is 38.3 Å². The first kappa shape index (κ1) is 13.0. The van der Waals surface area contributed by atoms with Crippen LogP contribution in [0.4, 0.5) is 5.95 Å². The van der Waals surface area contributed by atoms with E-state index in [1.54, 1.807) is 12.4 Å². The summed E-state index contributed by atoms with van der Waals surface area (Å²) >= 11 is 0. The zero-order chi connectivity index (χ0) is 13.9. The lowest BCUT2D eigenvalue weighted by Gasteiger charge is -2.16. The van der Waals surface area contributed by atoms with Crippen molar-refractivity contribution in [2.75, 3.05) is 18.5 Å². The highest BCUT2D eigenvalue weighted by Crippen LogP contribution is 2.32. The van der Waals surface area contributed by atoms with Crippen LogP contribution in [0.1, 0.15) is 29.7 Å². The monoisotopic (exact) mass is 274 g/mol. The van der Waals surface area contributed by atoms with Gasteiger partial charge in [0.1, 0.15) is 11.9 Å². The van der Waals surface area contributed by atoms with E-state index in [1.807, 2.05) is 13.8 Å². The molecule has 0 bridgehead atoms. The number of rotatable bonds is 4. The lowest BCUT2D eigenvalue weighted by molar-refractivity contribution is 0.0863. The van der Waals surface area contributed by atoms with Crippen molar-refractivity contribution in [2.24, 2.45) is 5.92 Å². The van der Waals surface area contributed by atoms with Crippen molar-refractivity contribution in [2.45, 2.75) is 26.4 Å². The van der Waals surface area contributed by atoms with Gasteiger partial charge < -0.3 is 10.1 Å². The summed E-state index contributed by atoms with van der Waals surface area (Å²) in [6.45, 7) is 5.34. The van der Waals surface area contributed by atoms with Gasteiger partial charge in [0.2, 0.25) is 5.95 Å². The maximum atomic E-state index is 5.75. The van der Waals surface area contributed by atoms with E-state index in [9.17, 15) is 0 Å². The first-order chi connectivity index (χ1) is 9.72. The molecule has 0 unspecified atom stereocenters. The van der Waals surface area contributed by atoms with Crippen LogP contribution in [-0.2, 0) is 4.74 Å². The zero-order valence-electron chi connectivity index (χ0n) is 11.6. The fraction of sp³-hybridized carbons (Fsp3) is 0.538. The van der Waals surface area contributed by atoms with Gasteiger partial charge in [-0.25, -0.2) is 15.0 Å².